The van der Waals surface area contributed by atoms with Gasteiger partial charge in [-0.15, -0.1) is 0 Å². The standard InChI is InChI=1S/C9H16N2S/c1-9(2,3)4-6-11-7-5-10-8(11)12/h5,7H,4,6H2,1-3H3,(H,10,12). The van der Waals surface area contributed by atoms with Crippen molar-refractivity contribution in [3.63, 3.8) is 0 Å². The summed E-state index contributed by atoms with van der Waals surface area (Å²) in [4.78, 5) is 2.98. The Morgan fingerprint density at radius 2 is 2.17 bits per heavy atom. The van der Waals surface area contributed by atoms with Gasteiger partial charge in [0.05, 0.1) is 0 Å². The summed E-state index contributed by atoms with van der Waals surface area (Å²) in [6.07, 6.45) is 5.03. The first kappa shape index (κ1) is 9.52. The molecule has 0 fully saturated rings. The second-order valence-corrected chi connectivity index (χ2v) is 4.66. The molecule has 68 valence electrons. The third kappa shape index (κ3) is 2.81. The molecule has 0 saturated heterocycles. The molecule has 1 aromatic rings. The number of imidazole rings is 1. The van der Waals surface area contributed by atoms with E-state index in [4.69, 9.17) is 12.2 Å². The van der Waals surface area contributed by atoms with E-state index in [1.54, 1.807) is 0 Å². The Hall–Kier alpha value is -0.570. The normalized spacial score (nSPS) is 11.9. The number of aryl methyl sites for hydroxylation is 1. The van der Waals surface area contributed by atoms with E-state index in [-0.39, 0.29) is 0 Å². The van der Waals surface area contributed by atoms with E-state index in [1.165, 1.54) is 0 Å². The topological polar surface area (TPSA) is 20.7 Å². The number of H-pyrrole nitrogens is 1. The van der Waals surface area contributed by atoms with E-state index in [9.17, 15) is 0 Å². The van der Waals surface area contributed by atoms with Gasteiger partial charge in [-0.2, -0.15) is 0 Å². The van der Waals surface area contributed by atoms with Crippen molar-refractivity contribution in [2.75, 3.05) is 0 Å². The van der Waals surface area contributed by atoms with Gasteiger partial charge in [0, 0.05) is 18.9 Å². The molecule has 1 heterocycles. The summed E-state index contributed by atoms with van der Waals surface area (Å²) in [5.41, 5.74) is 0.381. The molecule has 0 aromatic carbocycles. The van der Waals surface area contributed by atoms with Crippen LogP contribution < -0.4 is 0 Å². The Morgan fingerprint density at radius 3 is 2.58 bits per heavy atom. The van der Waals surface area contributed by atoms with Gasteiger partial charge in [-0.05, 0) is 24.1 Å². The number of rotatable bonds is 2. The Balaban J connectivity index is 2.55. The zero-order valence-corrected chi connectivity index (χ0v) is 8.74. The lowest BCUT2D eigenvalue weighted by Gasteiger charge is -2.17. The molecule has 0 aliphatic rings. The van der Waals surface area contributed by atoms with E-state index in [1.807, 2.05) is 12.4 Å². The number of nitrogens with one attached hydrogen (secondary N) is 1. The van der Waals surface area contributed by atoms with Crippen LogP contribution in [0.2, 0.25) is 0 Å². The van der Waals surface area contributed by atoms with Crippen LogP contribution in [0.25, 0.3) is 0 Å². The lowest BCUT2D eigenvalue weighted by Crippen LogP contribution is -2.09. The highest BCUT2D eigenvalue weighted by Gasteiger charge is 2.09. The van der Waals surface area contributed by atoms with E-state index in [2.05, 4.69) is 30.3 Å². The minimum absolute atomic E-state index is 0.381. The average Bonchev–Trinajstić information content (AvgIpc) is 2.29. The smallest absolute Gasteiger partial charge is 0.177 e. The number of hydrogen-bond acceptors (Lipinski definition) is 1. The van der Waals surface area contributed by atoms with Crippen LogP contribution in [-0.4, -0.2) is 9.55 Å². The van der Waals surface area contributed by atoms with Gasteiger partial charge in [0.2, 0.25) is 0 Å². The number of hydrogen-bond donors (Lipinski definition) is 1. The summed E-state index contributed by atoms with van der Waals surface area (Å²) in [6, 6.07) is 0. The molecule has 0 spiro atoms. The minimum Gasteiger partial charge on any atom is -0.337 e. The predicted octanol–water partition coefficient (Wildman–Crippen LogP) is 2.98. The minimum atomic E-state index is 0.381. The number of aromatic nitrogens is 2. The molecule has 12 heavy (non-hydrogen) atoms. The predicted molar refractivity (Wildman–Crippen MR) is 53.7 cm³/mol. The highest BCUT2D eigenvalue weighted by atomic mass is 32.1. The molecule has 0 unspecified atom stereocenters. The van der Waals surface area contributed by atoms with Crippen LogP contribution >= 0.6 is 12.2 Å². The molecule has 2 nitrogen and oxygen atoms in total. The Kier molecular flexibility index (Phi) is 2.73. The summed E-state index contributed by atoms with van der Waals surface area (Å²) in [5.74, 6) is 0. The quantitative estimate of drug-likeness (QED) is 0.701. The van der Waals surface area contributed by atoms with Gasteiger partial charge >= 0.3 is 0 Å². The fourth-order valence-electron chi connectivity index (χ4n) is 0.981. The molecule has 0 aliphatic heterocycles. The Morgan fingerprint density at radius 1 is 1.50 bits per heavy atom. The largest absolute Gasteiger partial charge is 0.337 e. The van der Waals surface area contributed by atoms with Crippen LogP contribution in [0.1, 0.15) is 27.2 Å². The van der Waals surface area contributed by atoms with Crippen molar-refractivity contribution in [2.24, 2.45) is 5.41 Å². The highest BCUT2D eigenvalue weighted by molar-refractivity contribution is 7.71. The maximum Gasteiger partial charge on any atom is 0.177 e. The molecule has 1 N–H and O–H groups in total. The molecule has 0 atom stereocenters. The van der Waals surface area contributed by atoms with Gasteiger partial charge in [0.1, 0.15) is 0 Å². The molecule has 0 radical (unpaired) electrons. The maximum atomic E-state index is 5.08. The second-order valence-electron chi connectivity index (χ2n) is 4.27. The fourth-order valence-corrected chi connectivity index (χ4v) is 1.20. The third-order valence-corrected chi connectivity index (χ3v) is 2.18. The summed E-state index contributed by atoms with van der Waals surface area (Å²) in [5, 5.41) is 0. The monoisotopic (exact) mass is 184 g/mol. The molecule has 0 bridgehead atoms. The van der Waals surface area contributed by atoms with Crippen molar-refractivity contribution in [2.45, 2.75) is 33.7 Å². The lowest BCUT2D eigenvalue weighted by atomic mass is 9.92. The van der Waals surface area contributed by atoms with E-state index < -0.39 is 0 Å². The Bertz CT molecular complexity index is 290. The van der Waals surface area contributed by atoms with Crippen LogP contribution in [0.4, 0.5) is 0 Å². The van der Waals surface area contributed by atoms with E-state index in [0.717, 1.165) is 17.7 Å². The van der Waals surface area contributed by atoms with Crippen LogP contribution in [0.3, 0.4) is 0 Å². The molecule has 1 rings (SSSR count). The summed E-state index contributed by atoms with van der Waals surface area (Å²) in [7, 11) is 0. The van der Waals surface area contributed by atoms with Crippen molar-refractivity contribution in [1.29, 1.82) is 0 Å². The second kappa shape index (κ2) is 3.44. The molecular formula is C9H16N2S. The van der Waals surface area contributed by atoms with E-state index in [0.29, 0.717) is 5.41 Å². The first-order valence-corrected chi connectivity index (χ1v) is 4.64. The maximum absolute atomic E-state index is 5.08. The van der Waals surface area contributed by atoms with Crippen molar-refractivity contribution < 1.29 is 0 Å². The Labute approximate surface area is 78.6 Å². The third-order valence-electron chi connectivity index (χ3n) is 1.82. The summed E-state index contributed by atoms with van der Waals surface area (Å²) >= 11 is 5.08. The molecular weight excluding hydrogens is 168 g/mol. The first-order chi connectivity index (χ1) is 5.49. The van der Waals surface area contributed by atoms with Gasteiger partial charge in [-0.3, -0.25) is 0 Å². The van der Waals surface area contributed by atoms with Crippen LogP contribution in [0.5, 0.6) is 0 Å². The molecule has 0 saturated carbocycles. The molecule has 3 heteroatoms. The number of aromatic amines is 1. The molecule has 0 aliphatic carbocycles. The van der Waals surface area contributed by atoms with Crippen LogP contribution in [-0.2, 0) is 6.54 Å². The van der Waals surface area contributed by atoms with Crippen molar-refractivity contribution in [3.05, 3.63) is 17.2 Å². The van der Waals surface area contributed by atoms with Gasteiger partial charge < -0.3 is 9.55 Å². The van der Waals surface area contributed by atoms with Gasteiger partial charge in [0.25, 0.3) is 0 Å². The lowest BCUT2D eigenvalue weighted by molar-refractivity contribution is 0.349. The van der Waals surface area contributed by atoms with Crippen molar-refractivity contribution >= 4 is 12.2 Å². The molecule has 0 amide bonds. The van der Waals surface area contributed by atoms with Gasteiger partial charge in [-0.1, -0.05) is 20.8 Å². The zero-order chi connectivity index (χ0) is 9.19. The SMILES string of the molecule is CC(C)(C)CCn1cc[nH]c1=S. The zero-order valence-electron chi connectivity index (χ0n) is 7.92. The first-order valence-electron chi connectivity index (χ1n) is 4.23. The summed E-state index contributed by atoms with van der Waals surface area (Å²) in [6.45, 7) is 7.72. The average molecular weight is 184 g/mol. The highest BCUT2D eigenvalue weighted by Crippen LogP contribution is 2.19. The van der Waals surface area contributed by atoms with Gasteiger partial charge in [0.15, 0.2) is 4.77 Å². The van der Waals surface area contributed by atoms with Crippen LogP contribution in [0, 0.1) is 10.2 Å². The fraction of sp³-hybridized carbons (Fsp3) is 0.667. The van der Waals surface area contributed by atoms with Gasteiger partial charge in [-0.25, -0.2) is 0 Å². The summed E-state index contributed by atoms with van der Waals surface area (Å²) < 4.78 is 2.89. The molecule has 1 aromatic heterocycles. The number of nitrogens with zero attached hydrogens (tertiary/aromatic N) is 1. The van der Waals surface area contributed by atoms with Crippen molar-refractivity contribution in [1.82, 2.24) is 9.55 Å². The van der Waals surface area contributed by atoms with Crippen LogP contribution in [0.15, 0.2) is 12.4 Å². The van der Waals surface area contributed by atoms with E-state index >= 15 is 0 Å². The van der Waals surface area contributed by atoms with Crippen molar-refractivity contribution in [3.8, 4) is 0 Å².